The molecule has 1 N–H and O–H groups in total. The fraction of sp³-hybridized carbons (Fsp3) is 0.818. The quantitative estimate of drug-likeness (QED) is 0.784. The minimum Gasteiger partial charge on any atom is -0.424 e. The molecule has 1 aromatic heterocycles. The second-order valence-corrected chi connectivity index (χ2v) is 4.25. The van der Waals surface area contributed by atoms with E-state index in [0.29, 0.717) is 11.8 Å². The number of nitrogens with one attached hydrogen (secondary N) is 1. The lowest BCUT2D eigenvalue weighted by Gasteiger charge is -2.05. The second kappa shape index (κ2) is 5.85. The molecule has 0 saturated heterocycles. The summed E-state index contributed by atoms with van der Waals surface area (Å²) < 4.78 is 5.56. The van der Waals surface area contributed by atoms with Crippen LogP contribution in [-0.2, 0) is 6.42 Å². The third-order valence-corrected chi connectivity index (χ3v) is 2.30. The molecule has 15 heavy (non-hydrogen) atoms. The maximum Gasteiger partial charge on any atom is 0.233 e. The van der Waals surface area contributed by atoms with Crippen molar-refractivity contribution < 1.29 is 4.42 Å². The first kappa shape index (κ1) is 12.2. The molecule has 4 heteroatoms. The van der Waals surface area contributed by atoms with Gasteiger partial charge in [0, 0.05) is 6.42 Å². The lowest BCUT2D eigenvalue weighted by atomic mass is 10.1. The van der Waals surface area contributed by atoms with Gasteiger partial charge in [-0.05, 0) is 25.8 Å². The van der Waals surface area contributed by atoms with Crippen molar-refractivity contribution in [3.05, 3.63) is 11.8 Å². The molecule has 1 unspecified atom stereocenters. The van der Waals surface area contributed by atoms with Crippen molar-refractivity contribution >= 4 is 0 Å². The monoisotopic (exact) mass is 211 g/mol. The van der Waals surface area contributed by atoms with Gasteiger partial charge in [0.1, 0.15) is 0 Å². The first-order valence-corrected chi connectivity index (χ1v) is 5.69. The predicted octanol–water partition coefficient (Wildman–Crippen LogP) is 2.33. The summed E-state index contributed by atoms with van der Waals surface area (Å²) in [6.45, 7) is 9.39. The van der Waals surface area contributed by atoms with E-state index < -0.39 is 0 Å². The highest BCUT2D eigenvalue weighted by Gasteiger charge is 2.12. The summed E-state index contributed by atoms with van der Waals surface area (Å²) in [7, 11) is 0. The molecular weight excluding hydrogens is 190 g/mol. The van der Waals surface area contributed by atoms with E-state index in [1.54, 1.807) is 0 Å². The van der Waals surface area contributed by atoms with Crippen LogP contribution in [0.25, 0.3) is 0 Å². The van der Waals surface area contributed by atoms with Crippen molar-refractivity contribution in [2.24, 2.45) is 5.92 Å². The summed E-state index contributed by atoms with van der Waals surface area (Å²) in [5.41, 5.74) is 0. The van der Waals surface area contributed by atoms with Gasteiger partial charge in [0.15, 0.2) is 0 Å². The van der Waals surface area contributed by atoms with Crippen LogP contribution >= 0.6 is 0 Å². The third kappa shape index (κ3) is 4.00. The topological polar surface area (TPSA) is 51.0 Å². The van der Waals surface area contributed by atoms with E-state index in [4.69, 9.17) is 4.42 Å². The molecule has 1 atom stereocenters. The first-order valence-electron chi connectivity index (χ1n) is 5.69. The largest absolute Gasteiger partial charge is 0.424 e. The second-order valence-electron chi connectivity index (χ2n) is 4.25. The van der Waals surface area contributed by atoms with E-state index in [2.05, 4.69) is 36.3 Å². The van der Waals surface area contributed by atoms with Gasteiger partial charge in [-0.25, -0.2) is 0 Å². The van der Waals surface area contributed by atoms with Crippen molar-refractivity contribution in [1.82, 2.24) is 15.5 Å². The SMILES string of the molecule is CCNC(C)c1nnc(CCC(C)C)o1. The van der Waals surface area contributed by atoms with E-state index in [1.807, 2.05) is 6.92 Å². The van der Waals surface area contributed by atoms with Crippen LogP contribution < -0.4 is 5.32 Å². The van der Waals surface area contributed by atoms with E-state index >= 15 is 0 Å². The molecule has 0 aliphatic rings. The lowest BCUT2D eigenvalue weighted by Crippen LogP contribution is -2.17. The Bertz CT molecular complexity index is 283. The van der Waals surface area contributed by atoms with E-state index in [-0.39, 0.29) is 6.04 Å². The molecular formula is C11H21N3O. The van der Waals surface area contributed by atoms with Crippen LogP contribution in [0, 0.1) is 5.92 Å². The zero-order chi connectivity index (χ0) is 11.3. The van der Waals surface area contributed by atoms with Crippen molar-refractivity contribution in [2.45, 2.75) is 46.6 Å². The molecule has 0 bridgehead atoms. The van der Waals surface area contributed by atoms with Gasteiger partial charge in [0.2, 0.25) is 11.8 Å². The molecule has 0 fully saturated rings. The number of aryl methyl sites for hydroxylation is 1. The highest BCUT2D eigenvalue weighted by Crippen LogP contribution is 2.12. The van der Waals surface area contributed by atoms with Gasteiger partial charge in [-0.15, -0.1) is 10.2 Å². The van der Waals surface area contributed by atoms with Crippen molar-refractivity contribution in [2.75, 3.05) is 6.54 Å². The fourth-order valence-electron chi connectivity index (χ4n) is 1.35. The standard InChI is InChI=1S/C11H21N3O/c1-5-12-9(4)11-14-13-10(15-11)7-6-8(2)3/h8-9,12H,5-7H2,1-4H3. The Hall–Kier alpha value is -0.900. The van der Waals surface area contributed by atoms with E-state index in [9.17, 15) is 0 Å². The molecule has 0 aliphatic carbocycles. The van der Waals surface area contributed by atoms with Crippen LogP contribution in [0.3, 0.4) is 0 Å². The van der Waals surface area contributed by atoms with E-state index in [0.717, 1.165) is 25.3 Å². The molecule has 0 spiro atoms. The van der Waals surface area contributed by atoms with Crippen molar-refractivity contribution in [3.63, 3.8) is 0 Å². The predicted molar refractivity (Wildman–Crippen MR) is 59.5 cm³/mol. The van der Waals surface area contributed by atoms with Crippen LogP contribution in [0.5, 0.6) is 0 Å². The number of hydrogen-bond donors (Lipinski definition) is 1. The number of hydrogen-bond acceptors (Lipinski definition) is 4. The molecule has 4 nitrogen and oxygen atoms in total. The summed E-state index contributed by atoms with van der Waals surface area (Å²) in [5, 5.41) is 11.3. The molecule has 0 aromatic carbocycles. The lowest BCUT2D eigenvalue weighted by molar-refractivity contribution is 0.388. The highest BCUT2D eigenvalue weighted by atomic mass is 16.4. The van der Waals surface area contributed by atoms with Crippen LogP contribution in [0.4, 0.5) is 0 Å². The van der Waals surface area contributed by atoms with Gasteiger partial charge >= 0.3 is 0 Å². The summed E-state index contributed by atoms with van der Waals surface area (Å²) in [4.78, 5) is 0. The molecule has 86 valence electrons. The molecule has 1 rings (SSSR count). The fourth-order valence-corrected chi connectivity index (χ4v) is 1.35. The summed E-state index contributed by atoms with van der Waals surface area (Å²) in [5.74, 6) is 2.12. The molecule has 0 aliphatic heterocycles. The van der Waals surface area contributed by atoms with Gasteiger partial charge in [-0.1, -0.05) is 20.8 Å². The van der Waals surface area contributed by atoms with Crippen LogP contribution in [0.2, 0.25) is 0 Å². The number of nitrogens with zero attached hydrogens (tertiary/aromatic N) is 2. The zero-order valence-corrected chi connectivity index (χ0v) is 10.1. The Kier molecular flexibility index (Phi) is 4.75. The number of aromatic nitrogens is 2. The minimum absolute atomic E-state index is 0.148. The number of rotatable bonds is 6. The molecule has 0 saturated carbocycles. The maximum atomic E-state index is 5.56. The summed E-state index contributed by atoms with van der Waals surface area (Å²) in [6.07, 6.45) is 1.97. The summed E-state index contributed by atoms with van der Waals surface area (Å²) in [6, 6.07) is 0.148. The van der Waals surface area contributed by atoms with Gasteiger partial charge in [-0.3, -0.25) is 0 Å². The Balaban J connectivity index is 2.48. The van der Waals surface area contributed by atoms with Gasteiger partial charge < -0.3 is 9.73 Å². The highest BCUT2D eigenvalue weighted by molar-refractivity contribution is 4.88. The molecule has 1 heterocycles. The zero-order valence-electron chi connectivity index (χ0n) is 10.1. The average Bonchev–Trinajstić information content (AvgIpc) is 2.63. The van der Waals surface area contributed by atoms with Crippen LogP contribution in [0.1, 0.15) is 51.9 Å². The Morgan fingerprint density at radius 3 is 2.60 bits per heavy atom. The van der Waals surface area contributed by atoms with Crippen molar-refractivity contribution in [1.29, 1.82) is 0 Å². The maximum absolute atomic E-state index is 5.56. The normalized spacial score (nSPS) is 13.4. The molecule has 0 amide bonds. The Morgan fingerprint density at radius 1 is 1.27 bits per heavy atom. The average molecular weight is 211 g/mol. The molecule has 1 aromatic rings. The van der Waals surface area contributed by atoms with E-state index in [1.165, 1.54) is 0 Å². The Labute approximate surface area is 91.5 Å². The van der Waals surface area contributed by atoms with Gasteiger partial charge in [0.25, 0.3) is 0 Å². The van der Waals surface area contributed by atoms with Crippen LogP contribution in [0.15, 0.2) is 4.42 Å². The molecule has 0 radical (unpaired) electrons. The van der Waals surface area contributed by atoms with Crippen molar-refractivity contribution in [3.8, 4) is 0 Å². The Morgan fingerprint density at radius 2 is 2.00 bits per heavy atom. The van der Waals surface area contributed by atoms with Gasteiger partial charge in [0.05, 0.1) is 6.04 Å². The van der Waals surface area contributed by atoms with Gasteiger partial charge in [-0.2, -0.15) is 0 Å². The third-order valence-electron chi connectivity index (χ3n) is 2.30. The smallest absolute Gasteiger partial charge is 0.233 e. The first-order chi connectivity index (χ1) is 7.13. The summed E-state index contributed by atoms with van der Waals surface area (Å²) >= 11 is 0. The van der Waals surface area contributed by atoms with Crippen LogP contribution in [-0.4, -0.2) is 16.7 Å². The minimum atomic E-state index is 0.148.